The number of aromatic nitrogens is 2. The highest BCUT2D eigenvalue weighted by atomic mass is 16.5. The van der Waals surface area contributed by atoms with E-state index in [2.05, 4.69) is 16.0 Å². The maximum Gasteiger partial charge on any atom is 0.255 e. The van der Waals surface area contributed by atoms with Gasteiger partial charge in [-0.3, -0.25) is 14.8 Å². The van der Waals surface area contributed by atoms with Crippen LogP contribution in [0.3, 0.4) is 0 Å². The van der Waals surface area contributed by atoms with Crippen LogP contribution in [0.5, 0.6) is 5.75 Å². The molecule has 3 heterocycles. The highest BCUT2D eigenvalue weighted by Crippen LogP contribution is 2.25. The second-order valence-corrected chi connectivity index (χ2v) is 6.62. The number of carbonyl (C=O) groups is 1. The first kappa shape index (κ1) is 17.2. The van der Waals surface area contributed by atoms with E-state index in [0.717, 1.165) is 29.7 Å². The van der Waals surface area contributed by atoms with Gasteiger partial charge in [0, 0.05) is 56.3 Å². The Morgan fingerprint density at radius 3 is 2.37 bits per heavy atom. The standard InChI is InChI=1S/C22H21N3O2/c26-22(19-6-3-11-24-16-19)25-12-8-20(9-13-25)27-21-7-1-4-17(14-21)18-5-2-10-23-15-18/h1-7,10-11,14-16,20H,8-9,12-13H2. The Morgan fingerprint density at radius 2 is 1.67 bits per heavy atom. The van der Waals surface area contributed by atoms with Crippen molar-refractivity contribution in [2.75, 3.05) is 13.1 Å². The van der Waals surface area contributed by atoms with Crippen LogP contribution in [0.25, 0.3) is 11.1 Å². The third-order valence-corrected chi connectivity index (χ3v) is 4.77. The fourth-order valence-electron chi connectivity index (χ4n) is 3.32. The van der Waals surface area contributed by atoms with Gasteiger partial charge in [0.2, 0.25) is 0 Å². The second kappa shape index (κ2) is 7.99. The molecule has 1 aromatic carbocycles. The van der Waals surface area contributed by atoms with Crippen molar-refractivity contribution >= 4 is 5.91 Å². The quantitative estimate of drug-likeness (QED) is 0.710. The number of nitrogens with zero attached hydrogens (tertiary/aromatic N) is 3. The van der Waals surface area contributed by atoms with Crippen LogP contribution in [0.4, 0.5) is 0 Å². The molecule has 0 N–H and O–H groups in total. The lowest BCUT2D eigenvalue weighted by atomic mass is 10.1. The molecule has 0 spiro atoms. The lowest BCUT2D eigenvalue weighted by molar-refractivity contribution is 0.0595. The van der Waals surface area contributed by atoms with Crippen LogP contribution in [0.15, 0.2) is 73.3 Å². The SMILES string of the molecule is O=C(c1cccnc1)N1CCC(Oc2cccc(-c3cccnc3)c2)CC1. The van der Waals surface area contributed by atoms with Gasteiger partial charge in [0.25, 0.3) is 5.91 Å². The van der Waals surface area contributed by atoms with Gasteiger partial charge in [-0.15, -0.1) is 0 Å². The number of pyridine rings is 2. The van der Waals surface area contributed by atoms with E-state index in [1.54, 1.807) is 24.7 Å². The van der Waals surface area contributed by atoms with E-state index in [1.807, 2.05) is 47.5 Å². The van der Waals surface area contributed by atoms with Crippen LogP contribution in [0, 0.1) is 0 Å². The molecule has 5 nitrogen and oxygen atoms in total. The second-order valence-electron chi connectivity index (χ2n) is 6.62. The summed E-state index contributed by atoms with van der Waals surface area (Å²) in [6, 6.07) is 15.6. The van der Waals surface area contributed by atoms with Crippen molar-refractivity contribution in [1.29, 1.82) is 0 Å². The molecule has 1 aliphatic rings. The minimum absolute atomic E-state index is 0.0418. The van der Waals surface area contributed by atoms with Gasteiger partial charge in [0.05, 0.1) is 5.56 Å². The number of hydrogen-bond acceptors (Lipinski definition) is 4. The molecular formula is C22H21N3O2. The number of hydrogen-bond donors (Lipinski definition) is 0. The molecule has 0 unspecified atom stereocenters. The molecule has 1 aliphatic heterocycles. The minimum Gasteiger partial charge on any atom is -0.490 e. The predicted octanol–water partition coefficient (Wildman–Crippen LogP) is 3.83. The van der Waals surface area contributed by atoms with Crippen molar-refractivity contribution in [1.82, 2.24) is 14.9 Å². The van der Waals surface area contributed by atoms with Crippen molar-refractivity contribution in [2.24, 2.45) is 0 Å². The van der Waals surface area contributed by atoms with Crippen LogP contribution in [-0.4, -0.2) is 40.0 Å². The number of piperidine rings is 1. The van der Waals surface area contributed by atoms with E-state index in [0.29, 0.717) is 18.7 Å². The maximum atomic E-state index is 12.5. The number of rotatable bonds is 4. The van der Waals surface area contributed by atoms with E-state index in [9.17, 15) is 4.79 Å². The summed E-state index contributed by atoms with van der Waals surface area (Å²) in [6.07, 6.45) is 8.68. The van der Waals surface area contributed by atoms with E-state index in [1.165, 1.54) is 0 Å². The van der Waals surface area contributed by atoms with Crippen molar-refractivity contribution in [2.45, 2.75) is 18.9 Å². The molecule has 1 fully saturated rings. The third-order valence-electron chi connectivity index (χ3n) is 4.77. The van der Waals surface area contributed by atoms with Gasteiger partial charge >= 0.3 is 0 Å². The van der Waals surface area contributed by atoms with Crippen molar-refractivity contribution in [3.05, 3.63) is 78.9 Å². The van der Waals surface area contributed by atoms with Gasteiger partial charge in [-0.25, -0.2) is 0 Å². The zero-order valence-electron chi connectivity index (χ0n) is 15.0. The molecule has 1 saturated heterocycles. The van der Waals surface area contributed by atoms with Crippen LogP contribution >= 0.6 is 0 Å². The summed E-state index contributed by atoms with van der Waals surface area (Å²) in [4.78, 5) is 22.6. The third kappa shape index (κ3) is 4.14. The Kier molecular flexibility index (Phi) is 5.10. The first-order valence-corrected chi connectivity index (χ1v) is 9.16. The van der Waals surface area contributed by atoms with Gasteiger partial charge in [0.15, 0.2) is 0 Å². The number of likely N-dealkylation sites (tertiary alicyclic amines) is 1. The summed E-state index contributed by atoms with van der Waals surface area (Å²) in [6.45, 7) is 1.39. The largest absolute Gasteiger partial charge is 0.490 e. The predicted molar refractivity (Wildman–Crippen MR) is 103 cm³/mol. The zero-order valence-corrected chi connectivity index (χ0v) is 15.0. The molecule has 0 aliphatic carbocycles. The molecule has 0 saturated carbocycles. The van der Waals surface area contributed by atoms with E-state index in [-0.39, 0.29) is 12.0 Å². The van der Waals surface area contributed by atoms with Gasteiger partial charge in [-0.1, -0.05) is 18.2 Å². The highest BCUT2D eigenvalue weighted by Gasteiger charge is 2.24. The number of benzene rings is 1. The smallest absolute Gasteiger partial charge is 0.255 e. The summed E-state index contributed by atoms with van der Waals surface area (Å²) in [7, 11) is 0. The molecule has 136 valence electrons. The molecule has 1 amide bonds. The number of amides is 1. The van der Waals surface area contributed by atoms with Crippen LogP contribution < -0.4 is 4.74 Å². The molecule has 2 aromatic heterocycles. The van der Waals surface area contributed by atoms with Crippen molar-refractivity contribution in [3.63, 3.8) is 0 Å². The van der Waals surface area contributed by atoms with E-state index in [4.69, 9.17) is 4.74 Å². The average molecular weight is 359 g/mol. The Morgan fingerprint density at radius 1 is 0.926 bits per heavy atom. The summed E-state index contributed by atoms with van der Waals surface area (Å²) >= 11 is 0. The first-order chi connectivity index (χ1) is 13.3. The normalized spacial score (nSPS) is 14.7. The fraction of sp³-hybridized carbons (Fsp3) is 0.227. The molecule has 0 bridgehead atoms. The topological polar surface area (TPSA) is 55.3 Å². The van der Waals surface area contributed by atoms with Crippen molar-refractivity contribution < 1.29 is 9.53 Å². The van der Waals surface area contributed by atoms with Gasteiger partial charge in [-0.2, -0.15) is 0 Å². The van der Waals surface area contributed by atoms with Gasteiger partial charge in [0.1, 0.15) is 11.9 Å². The van der Waals surface area contributed by atoms with Crippen molar-refractivity contribution in [3.8, 4) is 16.9 Å². The fourth-order valence-corrected chi connectivity index (χ4v) is 3.32. The Bertz CT molecular complexity index is 892. The summed E-state index contributed by atoms with van der Waals surface area (Å²) < 4.78 is 6.18. The van der Waals surface area contributed by atoms with Gasteiger partial charge < -0.3 is 9.64 Å². The number of carbonyl (C=O) groups excluding carboxylic acids is 1. The zero-order chi connectivity index (χ0) is 18.5. The summed E-state index contributed by atoms with van der Waals surface area (Å²) in [5.41, 5.74) is 2.80. The lowest BCUT2D eigenvalue weighted by Gasteiger charge is -2.32. The van der Waals surface area contributed by atoms with Crippen LogP contribution in [0.2, 0.25) is 0 Å². The molecular weight excluding hydrogens is 338 g/mol. The molecule has 27 heavy (non-hydrogen) atoms. The van der Waals surface area contributed by atoms with E-state index >= 15 is 0 Å². The summed E-state index contributed by atoms with van der Waals surface area (Å²) in [5.74, 6) is 0.897. The molecule has 5 heteroatoms. The molecule has 3 aromatic rings. The Labute approximate surface area is 158 Å². The van der Waals surface area contributed by atoms with Crippen LogP contribution in [-0.2, 0) is 0 Å². The number of ether oxygens (including phenoxy) is 1. The lowest BCUT2D eigenvalue weighted by Crippen LogP contribution is -2.41. The average Bonchev–Trinajstić information content (AvgIpc) is 2.75. The molecule has 0 radical (unpaired) electrons. The van der Waals surface area contributed by atoms with Gasteiger partial charge in [-0.05, 0) is 35.9 Å². The van der Waals surface area contributed by atoms with E-state index < -0.39 is 0 Å². The molecule has 4 rings (SSSR count). The minimum atomic E-state index is 0.0418. The Balaban J connectivity index is 1.36. The maximum absolute atomic E-state index is 12.5. The van der Waals surface area contributed by atoms with Crippen LogP contribution in [0.1, 0.15) is 23.2 Å². The highest BCUT2D eigenvalue weighted by molar-refractivity contribution is 5.93. The summed E-state index contributed by atoms with van der Waals surface area (Å²) in [5, 5.41) is 0. The molecule has 0 atom stereocenters. The Hall–Kier alpha value is -3.21. The monoisotopic (exact) mass is 359 g/mol. The first-order valence-electron chi connectivity index (χ1n) is 9.16.